The highest BCUT2D eigenvalue weighted by atomic mass is 79.9. The van der Waals surface area contributed by atoms with Crippen molar-refractivity contribution in [1.82, 2.24) is 0 Å². The van der Waals surface area contributed by atoms with Gasteiger partial charge in [-0.05, 0) is 41.3 Å². The lowest BCUT2D eigenvalue weighted by Gasteiger charge is -2.11. The zero-order chi connectivity index (χ0) is 13.2. The second-order valence-corrected chi connectivity index (χ2v) is 6.21. The topological polar surface area (TPSA) is 9.23 Å². The Labute approximate surface area is 126 Å². The van der Waals surface area contributed by atoms with E-state index in [-0.39, 0.29) is 5.38 Å². The molecule has 0 saturated carbocycles. The lowest BCUT2D eigenvalue weighted by molar-refractivity contribution is 0.357. The van der Waals surface area contributed by atoms with Crippen molar-refractivity contribution in [1.29, 1.82) is 0 Å². The minimum atomic E-state index is 0.00655. The molecule has 0 aliphatic carbocycles. The third-order valence-corrected chi connectivity index (χ3v) is 4.34. The first-order chi connectivity index (χ1) is 9.22. The van der Waals surface area contributed by atoms with Crippen molar-refractivity contribution in [3.8, 4) is 5.75 Å². The van der Waals surface area contributed by atoms with Gasteiger partial charge in [-0.3, -0.25) is 0 Å². The molecule has 0 saturated heterocycles. The normalized spacial score (nSPS) is 14.8. The molecule has 0 bridgehead atoms. The number of hydrogen-bond acceptors (Lipinski definition) is 1. The molecule has 3 rings (SSSR count). The molecule has 0 N–H and O–H groups in total. The number of ether oxygens (including phenoxy) is 1. The molecule has 1 nitrogen and oxygen atoms in total. The van der Waals surface area contributed by atoms with Crippen LogP contribution < -0.4 is 4.74 Å². The van der Waals surface area contributed by atoms with E-state index in [1.54, 1.807) is 0 Å². The van der Waals surface area contributed by atoms with E-state index in [2.05, 4.69) is 52.3 Å². The Bertz CT molecular complexity index is 580. The molecule has 0 fully saturated rings. The van der Waals surface area contributed by atoms with Crippen LogP contribution in [0.25, 0.3) is 0 Å². The van der Waals surface area contributed by atoms with Gasteiger partial charge in [0, 0.05) is 10.9 Å². The largest absolute Gasteiger partial charge is 0.493 e. The van der Waals surface area contributed by atoms with E-state index in [4.69, 9.17) is 16.3 Å². The van der Waals surface area contributed by atoms with E-state index in [1.807, 2.05) is 6.07 Å². The maximum absolute atomic E-state index is 6.53. The Kier molecular flexibility index (Phi) is 3.81. The minimum Gasteiger partial charge on any atom is -0.493 e. The van der Waals surface area contributed by atoms with E-state index in [0.717, 1.165) is 29.7 Å². The summed E-state index contributed by atoms with van der Waals surface area (Å²) >= 11 is 9.97. The molecule has 3 heteroatoms. The van der Waals surface area contributed by atoms with Gasteiger partial charge < -0.3 is 4.74 Å². The SMILES string of the molecule is ClC(Cc1ccc(Br)cc1)c1ccc2c(c1)CCO2. The molecule has 19 heavy (non-hydrogen) atoms. The van der Waals surface area contributed by atoms with Crippen LogP contribution in [-0.4, -0.2) is 6.61 Å². The Balaban J connectivity index is 1.76. The van der Waals surface area contributed by atoms with Gasteiger partial charge in [0.25, 0.3) is 0 Å². The fourth-order valence-electron chi connectivity index (χ4n) is 2.35. The maximum atomic E-state index is 6.53. The van der Waals surface area contributed by atoms with Crippen LogP contribution in [0.1, 0.15) is 22.1 Å². The third-order valence-electron chi connectivity index (χ3n) is 3.40. The number of benzene rings is 2. The molecule has 2 aromatic carbocycles. The van der Waals surface area contributed by atoms with Gasteiger partial charge >= 0.3 is 0 Å². The molecule has 0 aromatic heterocycles. The fraction of sp³-hybridized carbons (Fsp3) is 0.250. The van der Waals surface area contributed by atoms with Crippen LogP contribution >= 0.6 is 27.5 Å². The summed E-state index contributed by atoms with van der Waals surface area (Å²) in [5, 5.41) is 0.00655. The highest BCUT2D eigenvalue weighted by Gasteiger charge is 2.15. The monoisotopic (exact) mass is 336 g/mol. The summed E-state index contributed by atoms with van der Waals surface area (Å²) < 4.78 is 6.61. The van der Waals surface area contributed by atoms with Crippen molar-refractivity contribution in [2.45, 2.75) is 18.2 Å². The van der Waals surface area contributed by atoms with Crippen LogP contribution in [0.3, 0.4) is 0 Å². The number of rotatable bonds is 3. The van der Waals surface area contributed by atoms with Crippen molar-refractivity contribution in [3.05, 3.63) is 63.6 Å². The molecule has 1 unspecified atom stereocenters. The Morgan fingerprint density at radius 2 is 1.95 bits per heavy atom. The molecule has 0 radical (unpaired) electrons. The summed E-state index contributed by atoms with van der Waals surface area (Å²) in [7, 11) is 0. The van der Waals surface area contributed by atoms with Crippen LogP contribution in [0.2, 0.25) is 0 Å². The van der Waals surface area contributed by atoms with E-state index in [9.17, 15) is 0 Å². The van der Waals surface area contributed by atoms with Crippen LogP contribution in [-0.2, 0) is 12.8 Å². The zero-order valence-electron chi connectivity index (χ0n) is 10.4. The van der Waals surface area contributed by atoms with Crippen molar-refractivity contribution in [2.24, 2.45) is 0 Å². The van der Waals surface area contributed by atoms with Gasteiger partial charge in [-0.25, -0.2) is 0 Å². The number of halogens is 2. The first kappa shape index (κ1) is 13.0. The van der Waals surface area contributed by atoms with E-state index in [0.29, 0.717) is 0 Å². The number of alkyl halides is 1. The van der Waals surface area contributed by atoms with Crippen LogP contribution in [0.4, 0.5) is 0 Å². The second kappa shape index (κ2) is 5.56. The smallest absolute Gasteiger partial charge is 0.122 e. The molecule has 0 spiro atoms. The van der Waals surface area contributed by atoms with Gasteiger partial charge in [0.05, 0.1) is 12.0 Å². The first-order valence-corrected chi connectivity index (χ1v) is 7.59. The molecular formula is C16H14BrClO. The average molecular weight is 338 g/mol. The summed E-state index contributed by atoms with van der Waals surface area (Å²) in [6.45, 7) is 0.790. The molecular weight excluding hydrogens is 324 g/mol. The highest BCUT2D eigenvalue weighted by Crippen LogP contribution is 2.32. The van der Waals surface area contributed by atoms with Crippen LogP contribution in [0, 0.1) is 0 Å². The second-order valence-electron chi connectivity index (χ2n) is 4.76. The van der Waals surface area contributed by atoms with Gasteiger partial charge in [-0.2, -0.15) is 0 Å². The zero-order valence-corrected chi connectivity index (χ0v) is 12.7. The minimum absolute atomic E-state index is 0.00655. The van der Waals surface area contributed by atoms with Crippen molar-refractivity contribution >= 4 is 27.5 Å². The predicted molar refractivity (Wildman–Crippen MR) is 82.1 cm³/mol. The summed E-state index contributed by atoms with van der Waals surface area (Å²) in [6.07, 6.45) is 1.83. The summed E-state index contributed by atoms with van der Waals surface area (Å²) in [6, 6.07) is 14.6. The van der Waals surface area contributed by atoms with Crippen molar-refractivity contribution in [2.75, 3.05) is 6.61 Å². The van der Waals surface area contributed by atoms with Gasteiger partial charge in [-0.1, -0.05) is 40.2 Å². The number of fused-ring (bicyclic) bond motifs is 1. The average Bonchev–Trinajstić information content (AvgIpc) is 2.88. The number of hydrogen-bond donors (Lipinski definition) is 0. The van der Waals surface area contributed by atoms with Crippen LogP contribution in [0.5, 0.6) is 5.75 Å². The van der Waals surface area contributed by atoms with Gasteiger partial charge in [0.2, 0.25) is 0 Å². The van der Waals surface area contributed by atoms with Gasteiger partial charge in [0.15, 0.2) is 0 Å². The van der Waals surface area contributed by atoms with E-state index >= 15 is 0 Å². The first-order valence-electron chi connectivity index (χ1n) is 6.36. The molecule has 1 atom stereocenters. The Morgan fingerprint density at radius 1 is 1.16 bits per heavy atom. The Hall–Kier alpha value is -0.990. The Morgan fingerprint density at radius 3 is 2.74 bits per heavy atom. The van der Waals surface area contributed by atoms with E-state index < -0.39 is 0 Å². The highest BCUT2D eigenvalue weighted by molar-refractivity contribution is 9.10. The standard InChI is InChI=1S/C16H14BrClO/c17-14-4-1-11(2-5-14)9-15(18)12-3-6-16-13(10-12)7-8-19-16/h1-6,10,15H,7-9H2. The lowest BCUT2D eigenvalue weighted by atomic mass is 10.0. The maximum Gasteiger partial charge on any atom is 0.122 e. The van der Waals surface area contributed by atoms with Crippen molar-refractivity contribution in [3.63, 3.8) is 0 Å². The van der Waals surface area contributed by atoms with Crippen LogP contribution in [0.15, 0.2) is 46.9 Å². The lowest BCUT2D eigenvalue weighted by Crippen LogP contribution is -1.96. The molecule has 1 heterocycles. The van der Waals surface area contributed by atoms with Crippen molar-refractivity contribution < 1.29 is 4.74 Å². The van der Waals surface area contributed by atoms with E-state index in [1.165, 1.54) is 16.7 Å². The molecule has 1 aliphatic rings. The molecule has 98 valence electrons. The summed E-state index contributed by atoms with van der Waals surface area (Å²) in [5.41, 5.74) is 3.70. The fourth-order valence-corrected chi connectivity index (χ4v) is 2.92. The van der Waals surface area contributed by atoms with Gasteiger partial charge in [0.1, 0.15) is 5.75 Å². The van der Waals surface area contributed by atoms with Gasteiger partial charge in [-0.15, -0.1) is 11.6 Å². The molecule has 0 amide bonds. The summed E-state index contributed by atoms with van der Waals surface area (Å²) in [4.78, 5) is 0. The molecule has 2 aromatic rings. The molecule has 1 aliphatic heterocycles. The third kappa shape index (κ3) is 2.96. The quantitative estimate of drug-likeness (QED) is 0.723. The predicted octanol–water partition coefficient (Wildman–Crippen LogP) is 4.91. The summed E-state index contributed by atoms with van der Waals surface area (Å²) in [5.74, 6) is 1.01.